The third-order valence-electron chi connectivity index (χ3n) is 6.00. The lowest BCUT2D eigenvalue weighted by Gasteiger charge is -2.52. The number of amides is 1. The molecule has 26 heavy (non-hydrogen) atoms. The molecule has 4 rings (SSSR count). The smallest absolute Gasteiger partial charge is 0.272 e. The van der Waals surface area contributed by atoms with Crippen LogP contribution in [0.1, 0.15) is 48.2 Å². The molecular formula is C21H25N3O2. The molecule has 5 heteroatoms. The average Bonchev–Trinajstić information content (AvgIpc) is 2.69. The fourth-order valence-corrected chi connectivity index (χ4v) is 4.74. The molecule has 1 aromatic carbocycles. The molecule has 1 amide bonds. The molecule has 1 aliphatic carbocycles. The molecule has 5 nitrogen and oxygen atoms in total. The number of hydrogen-bond donors (Lipinski definition) is 2. The van der Waals surface area contributed by atoms with Crippen molar-refractivity contribution in [3.63, 3.8) is 0 Å². The second kappa shape index (κ2) is 6.72. The van der Waals surface area contributed by atoms with Crippen molar-refractivity contribution < 1.29 is 9.90 Å². The van der Waals surface area contributed by atoms with Crippen LogP contribution >= 0.6 is 0 Å². The van der Waals surface area contributed by atoms with Gasteiger partial charge in [-0.05, 0) is 37.0 Å². The summed E-state index contributed by atoms with van der Waals surface area (Å²) in [6, 6.07) is 15.1. The number of carbonyl (C=O) groups excluding carboxylic acids is 1. The number of pyridine rings is 1. The molecule has 1 aliphatic heterocycles. The maximum absolute atomic E-state index is 13.1. The van der Waals surface area contributed by atoms with Gasteiger partial charge in [0.25, 0.3) is 5.91 Å². The summed E-state index contributed by atoms with van der Waals surface area (Å²) in [5.74, 6) is 0.329. The zero-order valence-electron chi connectivity index (χ0n) is 14.8. The predicted molar refractivity (Wildman–Crippen MR) is 100 cm³/mol. The van der Waals surface area contributed by atoms with Crippen LogP contribution in [0.15, 0.2) is 48.5 Å². The van der Waals surface area contributed by atoms with Crippen molar-refractivity contribution in [2.24, 2.45) is 5.92 Å². The highest BCUT2D eigenvalue weighted by molar-refractivity contribution is 5.93. The highest BCUT2D eigenvalue weighted by atomic mass is 16.3. The van der Waals surface area contributed by atoms with Gasteiger partial charge in [-0.1, -0.05) is 49.2 Å². The van der Waals surface area contributed by atoms with Gasteiger partial charge < -0.3 is 15.7 Å². The first kappa shape index (κ1) is 17.0. The van der Waals surface area contributed by atoms with E-state index in [2.05, 4.69) is 4.98 Å². The van der Waals surface area contributed by atoms with Crippen LogP contribution in [0.25, 0.3) is 0 Å². The van der Waals surface area contributed by atoms with Gasteiger partial charge in [-0.3, -0.25) is 4.79 Å². The molecular weight excluding hydrogens is 326 g/mol. The lowest BCUT2D eigenvalue weighted by molar-refractivity contribution is -0.110. The molecule has 3 atom stereocenters. The molecule has 0 spiro atoms. The number of rotatable bonds is 2. The number of nitrogens with two attached hydrogens (primary N) is 1. The maximum Gasteiger partial charge on any atom is 0.272 e. The van der Waals surface area contributed by atoms with E-state index in [0.717, 1.165) is 31.2 Å². The van der Waals surface area contributed by atoms with Crippen molar-refractivity contribution >= 4 is 11.7 Å². The van der Waals surface area contributed by atoms with Gasteiger partial charge in [0.1, 0.15) is 11.5 Å². The summed E-state index contributed by atoms with van der Waals surface area (Å²) in [5, 5.41) is 11.6. The number of carbonyl (C=O) groups is 1. The number of fused-ring (bicyclic) bond motifs is 1. The Hall–Kier alpha value is -2.40. The van der Waals surface area contributed by atoms with Crippen LogP contribution in [0.2, 0.25) is 0 Å². The van der Waals surface area contributed by atoms with Crippen molar-refractivity contribution in [3.8, 4) is 0 Å². The van der Waals surface area contributed by atoms with E-state index in [1.54, 1.807) is 18.2 Å². The minimum Gasteiger partial charge on any atom is -0.385 e. The Kier molecular flexibility index (Phi) is 4.41. The van der Waals surface area contributed by atoms with E-state index in [0.29, 0.717) is 24.5 Å². The Morgan fingerprint density at radius 1 is 1.12 bits per heavy atom. The van der Waals surface area contributed by atoms with Crippen LogP contribution in [0, 0.1) is 5.92 Å². The van der Waals surface area contributed by atoms with Gasteiger partial charge in [0.05, 0.1) is 5.60 Å². The van der Waals surface area contributed by atoms with Crippen LogP contribution in [0.3, 0.4) is 0 Å². The van der Waals surface area contributed by atoms with Gasteiger partial charge in [0.2, 0.25) is 0 Å². The Bertz CT molecular complexity index is 795. The summed E-state index contributed by atoms with van der Waals surface area (Å²) in [5.41, 5.74) is 6.24. The quantitative estimate of drug-likeness (QED) is 0.872. The van der Waals surface area contributed by atoms with Gasteiger partial charge in [0, 0.05) is 18.5 Å². The van der Waals surface area contributed by atoms with Crippen molar-refractivity contribution in [1.82, 2.24) is 9.88 Å². The van der Waals surface area contributed by atoms with Gasteiger partial charge in [-0.25, -0.2) is 4.98 Å². The minimum atomic E-state index is -0.869. The fourth-order valence-electron chi connectivity index (χ4n) is 4.74. The monoisotopic (exact) mass is 351 g/mol. The molecule has 0 radical (unpaired) electrons. The molecule has 0 unspecified atom stereocenters. The summed E-state index contributed by atoms with van der Waals surface area (Å²) in [6.45, 7) is 0.530. The van der Waals surface area contributed by atoms with E-state index in [4.69, 9.17) is 5.73 Å². The summed E-state index contributed by atoms with van der Waals surface area (Å²) in [7, 11) is 0. The molecule has 0 bridgehead atoms. The number of aromatic nitrogens is 1. The number of benzene rings is 1. The predicted octanol–water partition coefficient (Wildman–Crippen LogP) is 2.96. The van der Waals surface area contributed by atoms with E-state index >= 15 is 0 Å². The number of likely N-dealkylation sites (tertiary alicyclic amines) is 1. The lowest BCUT2D eigenvalue weighted by Crippen LogP contribution is -2.59. The Balaban J connectivity index is 1.66. The third-order valence-corrected chi connectivity index (χ3v) is 6.00. The number of piperidine rings is 1. The first-order chi connectivity index (χ1) is 12.6. The Labute approximate surface area is 153 Å². The number of nitrogen functional groups attached to an aromatic ring is 1. The first-order valence-corrected chi connectivity index (χ1v) is 9.41. The molecule has 3 N–H and O–H groups in total. The summed E-state index contributed by atoms with van der Waals surface area (Å²) in [4.78, 5) is 19.2. The van der Waals surface area contributed by atoms with Gasteiger partial charge in [0.15, 0.2) is 0 Å². The second-order valence-electron chi connectivity index (χ2n) is 7.44. The van der Waals surface area contributed by atoms with E-state index in [1.165, 1.54) is 0 Å². The van der Waals surface area contributed by atoms with Gasteiger partial charge >= 0.3 is 0 Å². The van der Waals surface area contributed by atoms with Crippen molar-refractivity contribution in [2.75, 3.05) is 12.3 Å². The highest BCUT2D eigenvalue weighted by Crippen LogP contribution is 2.47. The number of anilines is 1. The zero-order chi connectivity index (χ0) is 18.1. The Morgan fingerprint density at radius 2 is 1.88 bits per heavy atom. The molecule has 1 saturated carbocycles. The van der Waals surface area contributed by atoms with Gasteiger partial charge in [-0.15, -0.1) is 0 Å². The molecule has 2 aliphatic rings. The van der Waals surface area contributed by atoms with Crippen LogP contribution in [0.4, 0.5) is 5.82 Å². The third kappa shape index (κ3) is 2.86. The summed E-state index contributed by atoms with van der Waals surface area (Å²) >= 11 is 0. The molecule has 136 valence electrons. The Morgan fingerprint density at radius 3 is 2.65 bits per heavy atom. The van der Waals surface area contributed by atoms with E-state index in [1.807, 2.05) is 35.2 Å². The van der Waals surface area contributed by atoms with E-state index < -0.39 is 5.60 Å². The average molecular weight is 351 g/mol. The maximum atomic E-state index is 13.1. The van der Waals surface area contributed by atoms with Gasteiger partial charge in [-0.2, -0.15) is 0 Å². The lowest BCUT2D eigenvalue weighted by atomic mass is 9.66. The number of hydrogen-bond acceptors (Lipinski definition) is 4. The molecule has 1 saturated heterocycles. The van der Waals surface area contributed by atoms with Crippen LogP contribution in [-0.4, -0.2) is 33.5 Å². The summed E-state index contributed by atoms with van der Waals surface area (Å²) < 4.78 is 0. The first-order valence-electron chi connectivity index (χ1n) is 9.41. The minimum absolute atomic E-state index is 0.0402. The SMILES string of the molecule is Nc1cccc(C(=O)N2CC[C@@](O)(c3ccccc3)[C@H]3CCCC[C@@H]32)n1. The standard InChI is InChI=1S/C21H25N3O2/c22-19-12-6-10-17(23-19)20(25)24-14-13-21(26,15-7-2-1-3-8-15)16-9-4-5-11-18(16)24/h1-3,6-8,10,12,16,18,26H,4-5,9,11,13-14H2,(H2,22,23)/t16-,18-,21+/m0/s1. The topological polar surface area (TPSA) is 79.5 Å². The van der Waals surface area contributed by atoms with Crippen molar-refractivity contribution in [2.45, 2.75) is 43.7 Å². The van der Waals surface area contributed by atoms with Crippen LogP contribution in [-0.2, 0) is 5.60 Å². The molecule has 2 aromatic rings. The molecule has 2 fully saturated rings. The van der Waals surface area contributed by atoms with E-state index in [9.17, 15) is 9.90 Å². The fraction of sp³-hybridized carbons (Fsp3) is 0.429. The normalized spacial score (nSPS) is 28.4. The molecule has 1 aromatic heterocycles. The van der Waals surface area contributed by atoms with Crippen LogP contribution in [0.5, 0.6) is 0 Å². The largest absolute Gasteiger partial charge is 0.385 e. The zero-order valence-corrected chi connectivity index (χ0v) is 14.8. The highest BCUT2D eigenvalue weighted by Gasteiger charge is 2.50. The van der Waals surface area contributed by atoms with E-state index in [-0.39, 0.29) is 17.9 Å². The molecule has 2 heterocycles. The number of aliphatic hydroxyl groups is 1. The van der Waals surface area contributed by atoms with Crippen molar-refractivity contribution in [1.29, 1.82) is 0 Å². The van der Waals surface area contributed by atoms with Crippen molar-refractivity contribution in [3.05, 3.63) is 59.8 Å². The van der Waals surface area contributed by atoms with Crippen LogP contribution < -0.4 is 5.73 Å². The summed E-state index contributed by atoms with van der Waals surface area (Å²) in [6.07, 6.45) is 4.58. The second-order valence-corrected chi connectivity index (χ2v) is 7.44. The number of nitrogens with zero attached hydrogens (tertiary/aromatic N) is 2.